The van der Waals surface area contributed by atoms with E-state index < -0.39 is 0 Å². The number of benzene rings is 2. The van der Waals surface area contributed by atoms with Gasteiger partial charge in [0.25, 0.3) is 0 Å². The first-order chi connectivity index (χ1) is 17.2. The van der Waals surface area contributed by atoms with Gasteiger partial charge in [-0.2, -0.15) is 0 Å². The molecule has 0 atom stereocenters. The van der Waals surface area contributed by atoms with E-state index in [2.05, 4.69) is 15.0 Å². The minimum absolute atomic E-state index is 0. The van der Waals surface area contributed by atoms with Crippen LogP contribution in [0.15, 0.2) is 117 Å². The summed E-state index contributed by atoms with van der Waals surface area (Å²) in [6, 6.07) is 17.4. The summed E-state index contributed by atoms with van der Waals surface area (Å²) in [6.07, 6.45) is 23.8. The average molecular weight is 562 g/mol. The SMILES string of the molecule is C1CCCC1.Oc1ccccc1.Oc1ccccc1.[Zr+2].c1cn([B-](n2ccnc2)n2ccnc2)cn1. The van der Waals surface area contributed by atoms with Crippen molar-refractivity contribution in [3.05, 3.63) is 117 Å². The van der Waals surface area contributed by atoms with Crippen LogP contribution in [0, 0.1) is 0 Å². The summed E-state index contributed by atoms with van der Waals surface area (Å²) in [5.74, 6) is 0.644. The van der Waals surface area contributed by atoms with Gasteiger partial charge in [0.15, 0.2) is 0 Å². The van der Waals surface area contributed by atoms with Crippen molar-refractivity contribution < 1.29 is 36.4 Å². The Morgan fingerprint density at radius 2 is 0.833 bits per heavy atom. The number of aromatic nitrogens is 6. The molecule has 1 aliphatic carbocycles. The number of aromatic hydroxyl groups is 2. The number of nitrogens with zero attached hydrogens (tertiary/aromatic N) is 6. The molecule has 0 amide bonds. The molecule has 0 saturated heterocycles. The molecule has 0 unspecified atom stereocenters. The van der Waals surface area contributed by atoms with Gasteiger partial charge in [0, 0.05) is 18.6 Å². The number of hydrogen-bond acceptors (Lipinski definition) is 5. The zero-order chi connectivity index (χ0) is 24.6. The van der Waals surface area contributed by atoms with Crippen LogP contribution in [0.3, 0.4) is 0 Å². The minimum atomic E-state index is -0.0486. The Hall–Kier alpha value is -3.38. The van der Waals surface area contributed by atoms with Crippen LogP contribution in [0.1, 0.15) is 32.1 Å². The van der Waals surface area contributed by atoms with Gasteiger partial charge in [0.2, 0.25) is 7.12 Å². The summed E-state index contributed by atoms with van der Waals surface area (Å²) < 4.78 is 5.93. The predicted molar refractivity (Wildman–Crippen MR) is 138 cm³/mol. The summed E-state index contributed by atoms with van der Waals surface area (Å²) in [6.45, 7) is 0. The fourth-order valence-electron chi connectivity index (χ4n) is 3.42. The fraction of sp³-hybridized carbons (Fsp3) is 0.192. The summed E-state index contributed by atoms with van der Waals surface area (Å²) in [4.78, 5) is 12.2. The van der Waals surface area contributed by atoms with E-state index in [0.717, 1.165) is 0 Å². The molecule has 1 fully saturated rings. The van der Waals surface area contributed by atoms with Crippen molar-refractivity contribution in [1.82, 2.24) is 28.4 Å². The largest absolute Gasteiger partial charge is 2.00 e. The predicted octanol–water partition coefficient (Wildman–Crippen LogP) is 4.94. The first-order valence-electron chi connectivity index (χ1n) is 11.6. The maximum atomic E-state index is 8.63. The Morgan fingerprint density at radius 3 is 1.03 bits per heavy atom. The summed E-state index contributed by atoms with van der Waals surface area (Å²) >= 11 is 0. The van der Waals surface area contributed by atoms with Gasteiger partial charge in [-0.3, -0.25) is 0 Å². The average Bonchev–Trinajstić information content (AvgIpc) is 3.72. The maximum absolute atomic E-state index is 8.63. The minimum Gasteiger partial charge on any atom is -0.508 e. The van der Waals surface area contributed by atoms with Crippen LogP contribution in [0.2, 0.25) is 0 Å². The van der Waals surface area contributed by atoms with Crippen LogP contribution in [0.5, 0.6) is 11.5 Å². The number of phenolic OH excluding ortho intramolecular Hbond substituents is 2. The van der Waals surface area contributed by atoms with E-state index in [9.17, 15) is 0 Å². The molecular weight excluding hydrogens is 530 g/mol. The van der Waals surface area contributed by atoms with Crippen molar-refractivity contribution in [3.63, 3.8) is 0 Å². The van der Waals surface area contributed by atoms with Crippen LogP contribution in [-0.2, 0) is 26.2 Å². The Bertz CT molecular complexity index is 1010. The summed E-state index contributed by atoms with van der Waals surface area (Å²) in [5, 5.41) is 17.3. The molecule has 2 N–H and O–H groups in total. The Labute approximate surface area is 231 Å². The number of para-hydroxylation sites is 2. The normalized spacial score (nSPS) is 11.6. The molecule has 36 heavy (non-hydrogen) atoms. The van der Waals surface area contributed by atoms with Gasteiger partial charge in [-0.25, -0.2) is 15.0 Å². The van der Waals surface area contributed by atoms with Crippen molar-refractivity contribution in [2.24, 2.45) is 0 Å². The van der Waals surface area contributed by atoms with Gasteiger partial charge >= 0.3 is 26.2 Å². The zero-order valence-corrected chi connectivity index (χ0v) is 22.6. The standard InChI is InChI=1S/C9H9BN6.2C6H6O.C5H10.Zr/c1-4-14(7-11-1)10(15-5-2-12-8-15)16-6-3-13-9-16;2*7-6-4-2-1-3-5-6;1-2-4-5-3-1;/h1-9H;2*1-5,7H;1-5H2;/q-1;;;;+2. The molecule has 2 aromatic carbocycles. The molecule has 8 nitrogen and oxygen atoms in total. The van der Waals surface area contributed by atoms with E-state index in [4.69, 9.17) is 10.2 Å². The first kappa shape index (κ1) is 28.9. The van der Waals surface area contributed by atoms with E-state index in [1.807, 2.05) is 44.2 Å². The first-order valence-corrected chi connectivity index (χ1v) is 11.6. The van der Waals surface area contributed by atoms with E-state index in [0.29, 0.717) is 11.5 Å². The van der Waals surface area contributed by atoms with Crippen LogP contribution in [-0.4, -0.2) is 45.7 Å². The number of hydrogen-bond donors (Lipinski definition) is 2. The molecule has 10 heteroatoms. The molecule has 0 spiro atoms. The number of rotatable bonds is 3. The molecular formula is C26H31BN6O2Zr+. The summed E-state index contributed by atoms with van der Waals surface area (Å²) in [5.41, 5.74) is 0. The molecule has 1 radical (unpaired) electrons. The van der Waals surface area contributed by atoms with Crippen molar-refractivity contribution in [2.75, 3.05) is 0 Å². The Morgan fingerprint density at radius 1 is 0.528 bits per heavy atom. The van der Waals surface area contributed by atoms with Crippen molar-refractivity contribution >= 4 is 7.12 Å². The van der Waals surface area contributed by atoms with E-state index in [-0.39, 0.29) is 33.3 Å². The second-order valence-electron chi connectivity index (χ2n) is 7.81. The molecule has 3 heterocycles. The van der Waals surface area contributed by atoms with E-state index >= 15 is 0 Å². The molecule has 1 saturated carbocycles. The molecule has 1 aliphatic rings. The van der Waals surface area contributed by atoms with Crippen molar-refractivity contribution in [2.45, 2.75) is 32.1 Å². The van der Waals surface area contributed by atoms with Gasteiger partial charge in [-0.05, 0) is 42.9 Å². The van der Waals surface area contributed by atoms with Crippen LogP contribution >= 0.6 is 0 Å². The number of phenols is 2. The second kappa shape index (κ2) is 17.1. The molecule has 0 bridgehead atoms. The molecule has 183 valence electrons. The van der Waals surface area contributed by atoms with Crippen LogP contribution < -0.4 is 0 Å². The maximum Gasteiger partial charge on any atom is 2.00 e. The smallest absolute Gasteiger partial charge is 0.508 e. The van der Waals surface area contributed by atoms with E-state index in [1.165, 1.54) is 32.1 Å². The van der Waals surface area contributed by atoms with Crippen LogP contribution in [0.4, 0.5) is 0 Å². The van der Waals surface area contributed by atoms with Gasteiger partial charge in [0.05, 0.1) is 19.0 Å². The van der Waals surface area contributed by atoms with Crippen molar-refractivity contribution in [3.8, 4) is 11.5 Å². The van der Waals surface area contributed by atoms with E-state index in [1.54, 1.807) is 86.1 Å². The molecule has 5 aromatic rings. The molecule has 3 aromatic heterocycles. The van der Waals surface area contributed by atoms with Gasteiger partial charge < -0.3 is 23.6 Å². The Balaban J connectivity index is 0.000000190. The second-order valence-corrected chi connectivity index (χ2v) is 7.81. The Kier molecular flexibility index (Phi) is 13.7. The van der Waals surface area contributed by atoms with Crippen LogP contribution in [0.25, 0.3) is 0 Å². The number of imidazole rings is 3. The van der Waals surface area contributed by atoms with Crippen molar-refractivity contribution in [1.29, 1.82) is 0 Å². The van der Waals surface area contributed by atoms with Gasteiger partial charge in [-0.15, -0.1) is 0 Å². The molecule has 6 rings (SSSR count). The zero-order valence-electron chi connectivity index (χ0n) is 20.2. The fourth-order valence-corrected chi connectivity index (χ4v) is 3.42. The molecule has 0 aliphatic heterocycles. The topological polar surface area (TPSA) is 93.9 Å². The third kappa shape index (κ3) is 10.5. The third-order valence-corrected chi connectivity index (χ3v) is 5.14. The van der Waals surface area contributed by atoms with Gasteiger partial charge in [-0.1, -0.05) is 68.5 Å². The quantitative estimate of drug-likeness (QED) is 0.305. The monoisotopic (exact) mass is 560 g/mol. The summed E-state index contributed by atoms with van der Waals surface area (Å²) in [7, 11) is -0.0486. The third-order valence-electron chi connectivity index (χ3n) is 5.14. The van der Waals surface area contributed by atoms with Gasteiger partial charge in [0.1, 0.15) is 11.5 Å².